The highest BCUT2D eigenvalue weighted by Gasteiger charge is 2.25. The highest BCUT2D eigenvalue weighted by atomic mass is 32.2. The first kappa shape index (κ1) is 24.3. The lowest BCUT2D eigenvalue weighted by Gasteiger charge is -2.34. The molecule has 1 heterocycles. The first-order valence-corrected chi connectivity index (χ1v) is 12.2. The SMILES string of the molecule is COCCCNC(=O)CN1CCN(C(=O)CS(=O)(=O)CCCc2ccccc2)CC1. The molecule has 1 aromatic rings. The molecule has 8 nitrogen and oxygen atoms in total. The Kier molecular flexibility index (Phi) is 10.3. The van der Waals surface area contributed by atoms with E-state index in [1.807, 2.05) is 35.2 Å². The maximum absolute atomic E-state index is 12.4. The molecule has 1 saturated heterocycles. The van der Waals surface area contributed by atoms with E-state index in [1.54, 1.807) is 12.0 Å². The Bertz CT molecular complexity index is 762. The van der Waals surface area contributed by atoms with E-state index in [4.69, 9.17) is 4.74 Å². The van der Waals surface area contributed by atoms with Crippen LogP contribution >= 0.6 is 0 Å². The molecule has 0 radical (unpaired) electrons. The molecule has 1 aliphatic heterocycles. The van der Waals surface area contributed by atoms with Gasteiger partial charge in [-0.15, -0.1) is 0 Å². The summed E-state index contributed by atoms with van der Waals surface area (Å²) >= 11 is 0. The number of carbonyl (C=O) groups excluding carboxylic acids is 2. The first-order chi connectivity index (χ1) is 14.4. The van der Waals surface area contributed by atoms with Crippen LogP contribution in [0, 0.1) is 0 Å². The molecule has 1 aliphatic rings. The highest BCUT2D eigenvalue weighted by Crippen LogP contribution is 2.07. The van der Waals surface area contributed by atoms with Gasteiger partial charge in [-0.1, -0.05) is 30.3 Å². The molecule has 168 valence electrons. The van der Waals surface area contributed by atoms with Crippen molar-refractivity contribution in [1.29, 1.82) is 0 Å². The van der Waals surface area contributed by atoms with Crippen molar-refractivity contribution in [2.75, 3.05) is 64.5 Å². The standard InChI is InChI=1S/C21H33N3O5S/c1-29-15-6-10-22-20(25)17-23-11-13-24(14-12-23)21(26)18-30(27,28)16-5-9-19-7-3-2-4-8-19/h2-4,7-8H,5-6,9-18H2,1H3,(H,22,25). The molecule has 1 fully saturated rings. The highest BCUT2D eigenvalue weighted by molar-refractivity contribution is 7.92. The summed E-state index contributed by atoms with van der Waals surface area (Å²) in [5.74, 6) is -0.830. The van der Waals surface area contributed by atoms with Gasteiger partial charge >= 0.3 is 0 Å². The van der Waals surface area contributed by atoms with Crippen LogP contribution in [0.15, 0.2) is 30.3 Å². The molecular weight excluding hydrogens is 406 g/mol. The number of amides is 2. The van der Waals surface area contributed by atoms with Crippen LogP contribution in [-0.4, -0.2) is 94.5 Å². The molecule has 9 heteroatoms. The minimum absolute atomic E-state index is 0.0108. The third kappa shape index (κ3) is 9.23. The number of methoxy groups -OCH3 is 1. The Morgan fingerprint density at radius 1 is 1.07 bits per heavy atom. The van der Waals surface area contributed by atoms with Crippen LogP contribution in [0.1, 0.15) is 18.4 Å². The van der Waals surface area contributed by atoms with Crippen molar-refractivity contribution in [3.63, 3.8) is 0 Å². The van der Waals surface area contributed by atoms with Gasteiger partial charge in [0.2, 0.25) is 11.8 Å². The largest absolute Gasteiger partial charge is 0.385 e. The van der Waals surface area contributed by atoms with E-state index < -0.39 is 15.6 Å². The second-order valence-corrected chi connectivity index (χ2v) is 9.72. The van der Waals surface area contributed by atoms with Gasteiger partial charge in [-0.05, 0) is 24.8 Å². The molecule has 30 heavy (non-hydrogen) atoms. The van der Waals surface area contributed by atoms with Gasteiger partial charge in [-0.25, -0.2) is 8.42 Å². The summed E-state index contributed by atoms with van der Waals surface area (Å²) in [6.07, 6.45) is 1.96. The molecule has 0 saturated carbocycles. The Morgan fingerprint density at radius 2 is 1.77 bits per heavy atom. The Morgan fingerprint density at radius 3 is 2.43 bits per heavy atom. The van der Waals surface area contributed by atoms with Crippen molar-refractivity contribution < 1.29 is 22.7 Å². The van der Waals surface area contributed by atoms with Crippen molar-refractivity contribution in [1.82, 2.24) is 15.1 Å². The molecule has 0 aliphatic carbocycles. The molecule has 1 N–H and O–H groups in total. The van der Waals surface area contributed by atoms with Gasteiger partial charge in [0.1, 0.15) is 5.75 Å². The number of ether oxygens (including phenoxy) is 1. The number of benzene rings is 1. The molecule has 0 unspecified atom stereocenters. The maximum Gasteiger partial charge on any atom is 0.237 e. The number of nitrogens with zero attached hydrogens (tertiary/aromatic N) is 2. The lowest BCUT2D eigenvalue weighted by molar-refractivity contribution is -0.130. The van der Waals surface area contributed by atoms with Crippen LogP contribution in [0.3, 0.4) is 0 Å². The van der Waals surface area contributed by atoms with E-state index in [2.05, 4.69) is 5.32 Å². The topological polar surface area (TPSA) is 96.0 Å². The molecule has 0 atom stereocenters. The zero-order valence-electron chi connectivity index (χ0n) is 17.7. The van der Waals surface area contributed by atoms with Gasteiger partial charge in [0.15, 0.2) is 9.84 Å². The third-order valence-electron chi connectivity index (χ3n) is 5.05. The predicted molar refractivity (Wildman–Crippen MR) is 116 cm³/mol. The number of hydrogen-bond donors (Lipinski definition) is 1. The molecule has 2 amide bonds. The van der Waals surface area contributed by atoms with Crippen LogP contribution in [0.25, 0.3) is 0 Å². The lowest BCUT2D eigenvalue weighted by atomic mass is 10.1. The number of carbonyl (C=O) groups is 2. The van der Waals surface area contributed by atoms with Crippen molar-refractivity contribution in [2.45, 2.75) is 19.3 Å². The fraction of sp³-hybridized carbons (Fsp3) is 0.619. The van der Waals surface area contributed by atoms with E-state index in [1.165, 1.54) is 0 Å². The van der Waals surface area contributed by atoms with E-state index in [9.17, 15) is 18.0 Å². The second kappa shape index (κ2) is 12.7. The summed E-state index contributed by atoms with van der Waals surface area (Å²) in [5.41, 5.74) is 1.10. The normalized spacial score (nSPS) is 15.2. The second-order valence-electron chi connectivity index (χ2n) is 7.53. The molecular formula is C21H33N3O5S. The number of sulfone groups is 1. The molecule has 0 bridgehead atoms. The van der Waals surface area contributed by atoms with Gasteiger partial charge in [0.05, 0.1) is 12.3 Å². The summed E-state index contributed by atoms with van der Waals surface area (Å²) in [5, 5.41) is 2.84. The zero-order valence-corrected chi connectivity index (χ0v) is 18.5. The monoisotopic (exact) mass is 439 g/mol. The van der Waals surface area contributed by atoms with Crippen molar-refractivity contribution in [2.24, 2.45) is 0 Å². The van der Waals surface area contributed by atoms with Crippen molar-refractivity contribution >= 4 is 21.7 Å². The van der Waals surface area contributed by atoms with E-state index in [-0.39, 0.29) is 24.1 Å². The summed E-state index contributed by atoms with van der Waals surface area (Å²) in [4.78, 5) is 27.9. The van der Waals surface area contributed by atoms with Gasteiger partial charge in [0.25, 0.3) is 0 Å². The maximum atomic E-state index is 12.4. The third-order valence-corrected chi connectivity index (χ3v) is 6.64. The van der Waals surface area contributed by atoms with Crippen molar-refractivity contribution in [3.05, 3.63) is 35.9 Å². The first-order valence-electron chi connectivity index (χ1n) is 10.4. The average molecular weight is 440 g/mol. The zero-order chi connectivity index (χ0) is 21.8. The van der Waals surface area contributed by atoms with Gasteiger partial charge < -0.3 is 15.0 Å². The summed E-state index contributed by atoms with van der Waals surface area (Å²) < 4.78 is 29.6. The molecule has 1 aromatic carbocycles. The van der Waals surface area contributed by atoms with Crippen LogP contribution < -0.4 is 5.32 Å². The Balaban J connectivity index is 1.66. The summed E-state index contributed by atoms with van der Waals surface area (Å²) in [6, 6.07) is 9.72. The Hall–Kier alpha value is -1.97. The molecule has 2 rings (SSSR count). The van der Waals surface area contributed by atoms with Crippen molar-refractivity contribution in [3.8, 4) is 0 Å². The Labute approximate surface area is 179 Å². The fourth-order valence-corrected chi connectivity index (χ4v) is 4.64. The van der Waals surface area contributed by atoms with Crippen LogP contribution in [0.2, 0.25) is 0 Å². The predicted octanol–water partition coefficient (Wildman–Crippen LogP) is 0.331. The van der Waals surface area contributed by atoms with Crippen LogP contribution in [0.5, 0.6) is 0 Å². The number of aryl methyl sites for hydroxylation is 1. The summed E-state index contributed by atoms with van der Waals surface area (Å²) in [6.45, 7) is 3.47. The smallest absolute Gasteiger partial charge is 0.237 e. The minimum Gasteiger partial charge on any atom is -0.385 e. The lowest BCUT2D eigenvalue weighted by Crippen LogP contribution is -2.52. The number of hydrogen-bond acceptors (Lipinski definition) is 6. The van der Waals surface area contributed by atoms with Gasteiger partial charge in [-0.2, -0.15) is 0 Å². The average Bonchev–Trinajstić information content (AvgIpc) is 2.72. The number of nitrogens with one attached hydrogen (secondary N) is 1. The van der Waals surface area contributed by atoms with E-state index in [0.717, 1.165) is 12.0 Å². The van der Waals surface area contributed by atoms with E-state index in [0.29, 0.717) is 52.2 Å². The van der Waals surface area contributed by atoms with E-state index >= 15 is 0 Å². The number of rotatable bonds is 12. The fourth-order valence-electron chi connectivity index (χ4n) is 3.35. The molecule has 0 aromatic heterocycles. The minimum atomic E-state index is -3.43. The van der Waals surface area contributed by atoms with Gasteiger partial charge in [0, 0.05) is 46.4 Å². The molecule has 0 spiro atoms. The number of piperazine rings is 1. The van der Waals surface area contributed by atoms with Crippen LogP contribution in [0.4, 0.5) is 0 Å². The summed E-state index contributed by atoms with van der Waals surface area (Å²) in [7, 11) is -1.80. The van der Waals surface area contributed by atoms with Gasteiger partial charge in [-0.3, -0.25) is 14.5 Å². The quantitative estimate of drug-likeness (QED) is 0.472. The van der Waals surface area contributed by atoms with Crippen LogP contribution in [-0.2, 0) is 30.6 Å².